The summed E-state index contributed by atoms with van der Waals surface area (Å²) in [5, 5.41) is 14.1. The number of quaternary nitrogens is 1. The molecule has 0 spiro atoms. The van der Waals surface area contributed by atoms with E-state index in [1.807, 2.05) is 20.8 Å². The first kappa shape index (κ1) is 16.9. The van der Waals surface area contributed by atoms with Crippen LogP contribution < -0.4 is 16.2 Å². The molecule has 1 aliphatic heterocycles. The van der Waals surface area contributed by atoms with Crippen LogP contribution in [0.3, 0.4) is 0 Å². The van der Waals surface area contributed by atoms with Crippen LogP contribution in [0.25, 0.3) is 0 Å². The molecule has 0 bridgehead atoms. The van der Waals surface area contributed by atoms with Crippen LogP contribution in [0, 0.1) is 0 Å². The van der Waals surface area contributed by atoms with Crippen molar-refractivity contribution < 1.29 is 5.32 Å². The van der Waals surface area contributed by atoms with E-state index >= 15 is 0 Å². The van der Waals surface area contributed by atoms with Crippen LogP contribution in [-0.4, -0.2) is 32.3 Å². The molecule has 1 fully saturated rings. The van der Waals surface area contributed by atoms with Gasteiger partial charge in [-0.1, -0.05) is 20.8 Å². The Morgan fingerprint density at radius 3 is 2.14 bits per heavy atom. The maximum atomic E-state index is 12.2. The highest BCUT2D eigenvalue weighted by atomic mass is 16.1. The van der Waals surface area contributed by atoms with E-state index in [4.69, 9.17) is 0 Å². The fourth-order valence-corrected chi connectivity index (χ4v) is 3.71. The number of piperidine rings is 1. The number of rotatable bonds is 2. The van der Waals surface area contributed by atoms with Crippen LogP contribution in [0.5, 0.6) is 0 Å². The topological polar surface area (TPSA) is 87.3 Å². The van der Waals surface area contributed by atoms with Crippen molar-refractivity contribution in [2.24, 2.45) is 0 Å². The van der Waals surface area contributed by atoms with Crippen LogP contribution in [0.15, 0.2) is 4.79 Å². The third-order valence-electron chi connectivity index (χ3n) is 4.07. The molecule has 6 nitrogen and oxygen atoms in total. The van der Waals surface area contributed by atoms with E-state index in [-0.39, 0.29) is 28.1 Å². The van der Waals surface area contributed by atoms with E-state index < -0.39 is 0 Å². The summed E-state index contributed by atoms with van der Waals surface area (Å²) in [6.45, 7) is 14.9. The molecule has 2 rings (SSSR count). The normalized spacial score (nSPS) is 21.6. The molecule has 0 atom stereocenters. The third kappa shape index (κ3) is 4.06. The Bertz CT molecular complexity index is 581. The van der Waals surface area contributed by atoms with Crippen molar-refractivity contribution in [3.63, 3.8) is 0 Å². The van der Waals surface area contributed by atoms with Gasteiger partial charge >= 0.3 is 0 Å². The van der Waals surface area contributed by atoms with E-state index in [9.17, 15) is 4.79 Å². The van der Waals surface area contributed by atoms with Crippen LogP contribution in [0.2, 0.25) is 0 Å². The van der Waals surface area contributed by atoms with Crippen molar-refractivity contribution in [1.29, 1.82) is 0 Å². The predicted molar refractivity (Wildman–Crippen MR) is 88.1 cm³/mol. The first-order chi connectivity index (χ1) is 9.88. The van der Waals surface area contributed by atoms with E-state index in [2.05, 4.69) is 53.5 Å². The van der Waals surface area contributed by atoms with E-state index in [0.29, 0.717) is 11.6 Å². The quantitative estimate of drug-likeness (QED) is 0.765. The van der Waals surface area contributed by atoms with Crippen LogP contribution in [0.1, 0.15) is 67.0 Å². The lowest BCUT2D eigenvalue weighted by atomic mass is 9.80. The van der Waals surface area contributed by atoms with Crippen molar-refractivity contribution in [3.8, 4) is 0 Å². The summed E-state index contributed by atoms with van der Waals surface area (Å²) in [4.78, 5) is 15.0. The van der Waals surface area contributed by atoms with Crippen molar-refractivity contribution in [2.75, 3.05) is 5.32 Å². The minimum atomic E-state index is -0.303. The zero-order valence-electron chi connectivity index (χ0n) is 14.9. The highest BCUT2D eigenvalue weighted by Gasteiger charge is 2.41. The number of H-pyrrole nitrogens is 1. The summed E-state index contributed by atoms with van der Waals surface area (Å²) < 4.78 is 0. The van der Waals surface area contributed by atoms with Gasteiger partial charge in [-0.15, -0.1) is 10.2 Å². The smallest absolute Gasteiger partial charge is 0.274 e. The second-order valence-electron chi connectivity index (χ2n) is 8.97. The number of nitrogens with one attached hydrogen (secondary N) is 2. The number of hydrogen-bond donors (Lipinski definition) is 3. The van der Waals surface area contributed by atoms with Gasteiger partial charge in [-0.3, -0.25) is 9.78 Å². The Morgan fingerprint density at radius 1 is 1.14 bits per heavy atom. The summed E-state index contributed by atoms with van der Waals surface area (Å²) in [5.41, 5.74) is 0.335. The molecule has 1 aromatic rings. The zero-order chi connectivity index (χ0) is 16.8. The number of aromatic amines is 1. The molecule has 0 unspecified atom stereocenters. The Morgan fingerprint density at radius 2 is 1.68 bits per heavy atom. The Labute approximate surface area is 132 Å². The van der Waals surface area contributed by atoms with Gasteiger partial charge in [0, 0.05) is 24.3 Å². The monoisotopic (exact) mass is 308 g/mol. The molecule has 22 heavy (non-hydrogen) atoms. The van der Waals surface area contributed by atoms with Crippen molar-refractivity contribution in [1.82, 2.24) is 15.2 Å². The maximum absolute atomic E-state index is 12.2. The Kier molecular flexibility index (Phi) is 4.11. The summed E-state index contributed by atoms with van der Waals surface area (Å²) in [6, 6.07) is 0.278. The second kappa shape index (κ2) is 5.33. The fourth-order valence-electron chi connectivity index (χ4n) is 3.71. The summed E-state index contributed by atoms with van der Waals surface area (Å²) in [5.74, 6) is 0.469. The standard InChI is InChI=1S/C16H29N5O/c1-14(2,3)11-12(22)18-13(20-19-11)17-10-8-15(4,5)21-16(6,7)9-10/h10,21H,8-9H2,1-7H3,(H2,17,18,20,22)/p+1. The molecular formula is C16H30N5O+. The van der Waals surface area contributed by atoms with Gasteiger partial charge in [-0.2, -0.15) is 0 Å². The molecule has 1 saturated heterocycles. The molecule has 0 radical (unpaired) electrons. The summed E-state index contributed by atoms with van der Waals surface area (Å²) in [6.07, 6.45) is 2.03. The van der Waals surface area contributed by atoms with E-state index in [0.717, 1.165) is 12.8 Å². The molecule has 0 saturated carbocycles. The van der Waals surface area contributed by atoms with Gasteiger partial charge < -0.3 is 10.6 Å². The van der Waals surface area contributed by atoms with Gasteiger partial charge in [-0.25, -0.2) is 0 Å². The first-order valence-electron chi connectivity index (χ1n) is 7.99. The lowest BCUT2D eigenvalue weighted by Crippen LogP contribution is -3.06. The lowest BCUT2D eigenvalue weighted by molar-refractivity contribution is -0.787. The summed E-state index contributed by atoms with van der Waals surface area (Å²) in [7, 11) is 0. The highest BCUT2D eigenvalue weighted by molar-refractivity contribution is 5.25. The number of aromatic nitrogens is 3. The molecule has 124 valence electrons. The molecule has 0 aliphatic carbocycles. The van der Waals surface area contributed by atoms with E-state index in [1.54, 1.807) is 0 Å². The van der Waals surface area contributed by atoms with Gasteiger partial charge in [0.05, 0.1) is 11.1 Å². The number of nitrogens with two attached hydrogens (primary N) is 1. The highest BCUT2D eigenvalue weighted by Crippen LogP contribution is 2.23. The van der Waals surface area contributed by atoms with E-state index in [1.165, 1.54) is 0 Å². The molecule has 4 N–H and O–H groups in total. The van der Waals surface area contributed by atoms with Crippen LogP contribution in [0.4, 0.5) is 5.95 Å². The maximum Gasteiger partial charge on any atom is 0.274 e. The number of anilines is 1. The average Bonchev–Trinajstić information content (AvgIpc) is 2.21. The lowest BCUT2D eigenvalue weighted by Gasteiger charge is -2.43. The van der Waals surface area contributed by atoms with Crippen molar-refractivity contribution >= 4 is 5.95 Å². The van der Waals surface area contributed by atoms with Gasteiger partial charge in [0.25, 0.3) is 5.56 Å². The van der Waals surface area contributed by atoms with Crippen LogP contribution in [-0.2, 0) is 5.41 Å². The SMILES string of the molecule is CC1(C)CC(Nc2nnc(C(C)(C)C)c(=O)[nH]2)CC(C)(C)[NH2+]1. The minimum absolute atomic E-state index is 0.161. The van der Waals surface area contributed by atoms with Gasteiger partial charge in [0.15, 0.2) is 0 Å². The largest absolute Gasteiger partial charge is 0.351 e. The predicted octanol–water partition coefficient (Wildman–Crippen LogP) is 1.16. The second-order valence-corrected chi connectivity index (χ2v) is 8.97. The summed E-state index contributed by atoms with van der Waals surface area (Å²) >= 11 is 0. The van der Waals surface area contributed by atoms with Crippen molar-refractivity contribution in [3.05, 3.63) is 16.0 Å². The van der Waals surface area contributed by atoms with Gasteiger partial charge in [0.1, 0.15) is 5.69 Å². The molecule has 2 heterocycles. The number of hydrogen-bond acceptors (Lipinski definition) is 4. The number of nitrogens with zero attached hydrogens (tertiary/aromatic N) is 2. The third-order valence-corrected chi connectivity index (χ3v) is 4.07. The first-order valence-corrected chi connectivity index (χ1v) is 7.99. The Balaban J connectivity index is 2.18. The molecule has 1 aromatic heterocycles. The molecule has 1 aliphatic rings. The molecule has 0 amide bonds. The molecule has 6 heteroatoms. The molecular weight excluding hydrogens is 278 g/mol. The van der Waals surface area contributed by atoms with Crippen LogP contribution >= 0.6 is 0 Å². The average molecular weight is 308 g/mol. The van der Waals surface area contributed by atoms with Gasteiger partial charge in [0.2, 0.25) is 5.95 Å². The Hall–Kier alpha value is -1.43. The zero-order valence-corrected chi connectivity index (χ0v) is 14.9. The fraction of sp³-hybridized carbons (Fsp3) is 0.812. The molecule has 0 aromatic carbocycles. The van der Waals surface area contributed by atoms with Crippen molar-refractivity contribution in [2.45, 2.75) is 83.8 Å². The van der Waals surface area contributed by atoms with Gasteiger partial charge in [-0.05, 0) is 27.7 Å². The minimum Gasteiger partial charge on any atom is -0.351 e.